The van der Waals surface area contributed by atoms with E-state index in [1.54, 1.807) is 78.9 Å². The Labute approximate surface area is 652 Å². The first kappa shape index (κ1) is 93.3. The van der Waals surface area contributed by atoms with E-state index in [2.05, 4.69) is 38.0 Å². The van der Waals surface area contributed by atoms with E-state index >= 15 is 0 Å². The number of nitrogens with one attached hydrogen (secondary N) is 3. The Morgan fingerprint density at radius 3 is 1.46 bits per heavy atom. The zero-order valence-electron chi connectivity index (χ0n) is 53.3. The molecule has 2 aromatic heterocycles. The van der Waals surface area contributed by atoms with Crippen LogP contribution in [0.1, 0.15) is 121 Å². The van der Waals surface area contributed by atoms with E-state index in [9.17, 15) is 46.7 Å². The topological polar surface area (TPSA) is 342 Å². The first-order valence-corrected chi connectivity index (χ1v) is 29.5. The van der Waals surface area contributed by atoms with Crippen molar-refractivity contribution in [2.24, 2.45) is 17.2 Å². The van der Waals surface area contributed by atoms with Crippen LogP contribution in [0.2, 0.25) is 15.1 Å². The molecule has 0 bridgehead atoms. The van der Waals surface area contributed by atoms with Crippen molar-refractivity contribution < 1.29 is 171 Å². The fourth-order valence-corrected chi connectivity index (χ4v) is 8.16. The molecule has 94 heavy (non-hydrogen) atoms. The normalized spacial score (nSPS) is 10.8. The number of carboxylic acids is 1. The molecule has 31 heteroatoms. The van der Waals surface area contributed by atoms with Gasteiger partial charge < -0.3 is 54.7 Å². The first-order chi connectivity index (χ1) is 42.7. The van der Waals surface area contributed by atoms with Gasteiger partial charge in [0.2, 0.25) is 17.7 Å². The number of carbonyl (C=O) groups excluding carboxylic acids is 7. The first-order valence-electron chi connectivity index (χ1n) is 27.8. The largest absolute Gasteiger partial charge is 1.00 e. The number of nitrogens with zero attached hydrogens (tertiary/aromatic N) is 5. The number of carbonyl (C=O) groups is 8. The molecule has 3 unspecified atom stereocenters. The standard InChI is InChI=1S/C23H25ClFN5O3.C13H18ClFN2O.C10H9Cl2FO.C10H9N3O3.C4H11N.CH2O3.2CH4.2K.H/c1-3-14(2)29(12-19(31)27-11-15-7-6-9-17(24)21(15)25)20(32)13-30-18-10-5-4-8-16(18)22(28-30)23(26)33;1-3-9(2)16-8-12(18)17-7-10-5-4-6-11(14)13(10)15;11-6-8(14)5-4-7-2-1-3-9(12)10(7)13;11-10(16)9-6-3-1-2-4-7(6)13(12-9)5-8(14)15;1-3-4(2)5;2-1-4-3;;;;;/h4-10,14H,3,11-13H2,1-2H3,(H2,26,33)(H,27,31);4-6,9,16H,3,7-8H2,1-2H3,(H,17,18);1-3H,4-6H2;1-4H,5H2,(H2,11,16)(H,14,15);4H,3,5H2,1-2H3;1,3H;2*1H4;;;/q;;;;;;;;2*+1;-1/p-1. The van der Waals surface area contributed by atoms with Gasteiger partial charge >= 0.3 is 109 Å². The second kappa shape index (κ2) is 50.5. The van der Waals surface area contributed by atoms with Gasteiger partial charge in [0.25, 0.3) is 18.3 Å². The average Bonchev–Trinajstić information content (AvgIpc) is 1.67. The summed E-state index contributed by atoms with van der Waals surface area (Å²) in [6.45, 7) is 11.3. The van der Waals surface area contributed by atoms with Crippen LogP contribution < -0.4 is 141 Å². The number of hydrogen-bond acceptors (Lipinski definition) is 14. The zero-order valence-corrected chi connectivity index (χ0v) is 61.5. The number of alkyl halides is 1. The monoisotopic (exact) mass is 1440 g/mol. The molecule has 0 saturated carbocycles. The fourth-order valence-electron chi connectivity index (χ4n) is 7.44. The summed E-state index contributed by atoms with van der Waals surface area (Å²) in [6.07, 6.45) is 3.25. The number of ketones is 1. The molecule has 3 atom stereocenters. The van der Waals surface area contributed by atoms with Gasteiger partial charge in [-0.1, -0.05) is 143 Å². The zero-order chi connectivity index (χ0) is 67.6. The SMILES string of the molecule is C.C.CCC(C)N.CCC(C)N(CC(=O)NCc1cccc(Cl)c1F)C(=O)Cn1nc(C(N)=O)c2ccccc21.CCC(C)NCC(=O)NCc1cccc(Cl)c1F.NC(=O)c1nn(CC(=O)O)c2ccccc12.O=C(CCl)CCc1cccc(Cl)c1F.O=CO[O-].[H-].[K+].[K+]. The molecule has 0 saturated heterocycles. The number of rotatable bonds is 24. The third-order valence-electron chi connectivity index (χ3n) is 12.9. The summed E-state index contributed by atoms with van der Waals surface area (Å²) in [5.74, 6) is -4.96. The molecular weight excluding hydrogens is 1360 g/mol. The second-order valence-corrected chi connectivity index (χ2v) is 21.1. The molecule has 5 aromatic carbocycles. The number of aromatic nitrogens is 4. The van der Waals surface area contributed by atoms with E-state index in [-0.39, 0.29) is 233 Å². The van der Waals surface area contributed by atoms with Crippen molar-refractivity contribution in [3.05, 3.63) is 164 Å². The average molecular weight is 1450 g/mol. The third-order valence-corrected chi connectivity index (χ3v) is 14.1. The number of benzene rings is 5. The maximum absolute atomic E-state index is 14.1. The van der Waals surface area contributed by atoms with Crippen molar-refractivity contribution in [1.29, 1.82) is 0 Å². The molecule has 10 N–H and O–H groups in total. The van der Waals surface area contributed by atoms with Gasteiger partial charge in [0, 0.05) is 59.5 Å². The molecule has 0 spiro atoms. The number of fused-ring (bicyclic) bond motifs is 2. The van der Waals surface area contributed by atoms with Crippen LogP contribution in [0.5, 0.6) is 0 Å². The van der Waals surface area contributed by atoms with Crippen molar-refractivity contribution in [3.63, 3.8) is 0 Å². The molecule has 22 nitrogen and oxygen atoms in total. The quantitative estimate of drug-likeness (QED) is 0.0150. The van der Waals surface area contributed by atoms with Crippen molar-refractivity contribution in [2.75, 3.05) is 19.0 Å². The molecule has 7 rings (SSSR count). The number of hydrogen-bond donors (Lipinski definition) is 7. The predicted octanol–water partition coefficient (Wildman–Crippen LogP) is 3.37. The minimum absolute atomic E-state index is 0. The van der Waals surface area contributed by atoms with E-state index in [1.165, 1.54) is 38.5 Å². The third kappa shape index (κ3) is 32.9. The molecule has 0 aliphatic rings. The minimum Gasteiger partial charge on any atom is -1.00 e. The fraction of sp³-hybridized carbons (Fsp3) is 0.365. The summed E-state index contributed by atoms with van der Waals surface area (Å²) < 4.78 is 43.5. The Kier molecular flexibility index (Phi) is 50.1. The van der Waals surface area contributed by atoms with Crippen LogP contribution in [-0.2, 0) is 66.3 Å². The van der Waals surface area contributed by atoms with Crippen LogP contribution in [0.3, 0.4) is 0 Å². The Morgan fingerprint density at radius 1 is 0.670 bits per heavy atom. The molecular formula is C63H82Cl4F3K2N11O11. The number of halogens is 7. The minimum atomic E-state index is -1.02. The van der Waals surface area contributed by atoms with Crippen molar-refractivity contribution in [1.82, 2.24) is 40.4 Å². The van der Waals surface area contributed by atoms with Gasteiger partial charge in [-0.15, -0.1) is 11.6 Å². The van der Waals surface area contributed by atoms with E-state index in [0.717, 1.165) is 12.8 Å². The number of amides is 5. The maximum Gasteiger partial charge on any atom is 1.00 e. The van der Waals surface area contributed by atoms with Crippen LogP contribution in [0.4, 0.5) is 13.2 Å². The van der Waals surface area contributed by atoms with Crippen molar-refractivity contribution >= 4 is 116 Å². The smallest absolute Gasteiger partial charge is 1.00 e. The Bertz CT molecular complexity index is 3530. The Hall–Kier alpha value is -4.90. The number of Topliss-reactive ketones (excluding diaryl/α,β-unsaturated/α-hetero) is 1. The number of aryl methyl sites for hydroxylation is 1. The molecule has 0 aliphatic heterocycles. The van der Waals surface area contributed by atoms with Crippen LogP contribution in [0.15, 0.2) is 103 Å². The number of primary amides is 2. The van der Waals surface area contributed by atoms with Gasteiger partial charge in [-0.25, -0.2) is 13.2 Å². The van der Waals surface area contributed by atoms with Crippen molar-refractivity contribution in [2.45, 2.75) is 133 Å². The second-order valence-electron chi connectivity index (χ2n) is 19.6. The number of carboxylic acid groups (broad SMARTS) is 1. The summed E-state index contributed by atoms with van der Waals surface area (Å²) >= 11 is 22.3. The molecule has 0 fully saturated rings. The van der Waals surface area contributed by atoms with Gasteiger partial charge in [-0.2, -0.15) is 10.2 Å². The summed E-state index contributed by atoms with van der Waals surface area (Å²) in [4.78, 5) is 94.3. The van der Waals surface area contributed by atoms with E-state index < -0.39 is 41.1 Å². The van der Waals surface area contributed by atoms with E-state index in [1.807, 2.05) is 34.6 Å². The predicted molar refractivity (Wildman–Crippen MR) is 351 cm³/mol. The van der Waals surface area contributed by atoms with Crippen LogP contribution in [0.25, 0.3) is 21.8 Å². The van der Waals surface area contributed by atoms with E-state index in [0.29, 0.717) is 57.9 Å². The maximum atomic E-state index is 14.1. The summed E-state index contributed by atoms with van der Waals surface area (Å²) in [5, 5.41) is 34.8. The van der Waals surface area contributed by atoms with Crippen LogP contribution in [0, 0.1) is 17.5 Å². The Morgan fingerprint density at radius 2 is 1.07 bits per heavy atom. The van der Waals surface area contributed by atoms with Crippen LogP contribution in [-0.4, -0.2) is 114 Å². The van der Waals surface area contributed by atoms with Gasteiger partial charge in [0.15, 0.2) is 11.4 Å². The molecule has 0 radical (unpaired) electrons. The molecule has 5 amide bonds. The van der Waals surface area contributed by atoms with Gasteiger partial charge in [-0.3, -0.25) is 47.7 Å². The molecule has 0 aliphatic carbocycles. The van der Waals surface area contributed by atoms with Gasteiger partial charge in [0.05, 0.1) is 45.1 Å². The Balaban J connectivity index is -0.000000575. The van der Waals surface area contributed by atoms with Gasteiger partial charge in [-0.05, 0) is 82.3 Å². The number of para-hydroxylation sites is 2. The van der Waals surface area contributed by atoms with Crippen molar-refractivity contribution in [3.8, 4) is 0 Å². The number of nitrogens with two attached hydrogens (primary N) is 3. The van der Waals surface area contributed by atoms with Gasteiger partial charge in [0.1, 0.15) is 36.3 Å². The molecule has 506 valence electrons. The van der Waals surface area contributed by atoms with Crippen LogP contribution >= 0.6 is 46.4 Å². The van der Waals surface area contributed by atoms with E-state index in [4.69, 9.17) is 78.8 Å². The summed E-state index contributed by atoms with van der Waals surface area (Å²) in [5.41, 5.74) is 18.3. The summed E-state index contributed by atoms with van der Waals surface area (Å²) in [7, 11) is 0. The molecule has 7 aromatic rings. The summed E-state index contributed by atoms with van der Waals surface area (Å²) in [6, 6.07) is 28.3. The number of aliphatic carboxylic acids is 1. The molecule has 2 heterocycles.